The molecule has 0 spiro atoms. The zero-order valence-electron chi connectivity index (χ0n) is 19.7. The number of benzene rings is 2. The lowest BCUT2D eigenvalue weighted by atomic mass is 10.1. The van der Waals surface area contributed by atoms with Crippen LogP contribution in [0.2, 0.25) is 0 Å². The Balaban J connectivity index is 1.53. The SMILES string of the molecule is COc1cccc(F)c1-c1nccc(C(=O)Nc2ccc3c(ccn3C)c2N2CCC[C@@H]2CN)n1. The number of nitrogens with one attached hydrogen (secondary N) is 1. The lowest BCUT2D eigenvalue weighted by Crippen LogP contribution is -2.36. The van der Waals surface area contributed by atoms with Gasteiger partial charge in [-0.2, -0.15) is 0 Å². The second-order valence-electron chi connectivity index (χ2n) is 8.58. The molecule has 1 aliphatic heterocycles. The van der Waals surface area contributed by atoms with Crippen LogP contribution < -0.4 is 20.7 Å². The van der Waals surface area contributed by atoms with Crippen LogP contribution >= 0.6 is 0 Å². The number of anilines is 2. The summed E-state index contributed by atoms with van der Waals surface area (Å²) >= 11 is 0. The number of carbonyl (C=O) groups is 1. The number of nitrogens with zero attached hydrogens (tertiary/aromatic N) is 4. The number of aryl methyl sites for hydroxylation is 1. The number of methoxy groups -OCH3 is 1. The third-order valence-electron chi connectivity index (χ3n) is 6.53. The van der Waals surface area contributed by atoms with Crippen molar-refractivity contribution in [2.45, 2.75) is 18.9 Å². The monoisotopic (exact) mass is 474 g/mol. The first-order valence-electron chi connectivity index (χ1n) is 11.5. The second kappa shape index (κ2) is 9.34. The van der Waals surface area contributed by atoms with Crippen LogP contribution in [0.25, 0.3) is 22.3 Å². The van der Waals surface area contributed by atoms with E-state index < -0.39 is 11.7 Å². The molecule has 0 radical (unpaired) electrons. The third kappa shape index (κ3) is 4.08. The van der Waals surface area contributed by atoms with Crippen molar-refractivity contribution in [1.29, 1.82) is 0 Å². The Kier molecular flexibility index (Phi) is 6.08. The predicted octanol–water partition coefficient (Wildman–Crippen LogP) is 3.96. The van der Waals surface area contributed by atoms with Gasteiger partial charge in [0, 0.05) is 49.5 Å². The summed E-state index contributed by atoms with van der Waals surface area (Å²) in [5.41, 5.74) is 9.00. The number of nitrogens with two attached hydrogens (primary N) is 1. The lowest BCUT2D eigenvalue weighted by molar-refractivity contribution is 0.102. The normalized spacial score (nSPS) is 15.5. The van der Waals surface area contributed by atoms with Gasteiger partial charge >= 0.3 is 0 Å². The van der Waals surface area contributed by atoms with E-state index in [0.717, 1.165) is 36.0 Å². The molecule has 2 aromatic heterocycles. The van der Waals surface area contributed by atoms with E-state index in [-0.39, 0.29) is 23.1 Å². The number of halogens is 1. The third-order valence-corrected chi connectivity index (χ3v) is 6.53. The Morgan fingerprint density at radius 1 is 1.26 bits per heavy atom. The first-order chi connectivity index (χ1) is 17.0. The highest BCUT2D eigenvalue weighted by Gasteiger charge is 2.28. The van der Waals surface area contributed by atoms with Crippen LogP contribution in [-0.2, 0) is 7.05 Å². The summed E-state index contributed by atoms with van der Waals surface area (Å²) in [4.78, 5) is 24.1. The lowest BCUT2D eigenvalue weighted by Gasteiger charge is -2.29. The van der Waals surface area contributed by atoms with Gasteiger partial charge in [0.05, 0.1) is 24.0 Å². The first kappa shape index (κ1) is 22.8. The quantitative estimate of drug-likeness (QED) is 0.439. The van der Waals surface area contributed by atoms with Crippen LogP contribution in [0.3, 0.4) is 0 Å². The number of carbonyl (C=O) groups excluding carboxylic acids is 1. The molecule has 0 aliphatic carbocycles. The van der Waals surface area contributed by atoms with E-state index in [1.807, 2.05) is 25.4 Å². The molecule has 2 aromatic carbocycles. The molecular weight excluding hydrogens is 447 g/mol. The maximum absolute atomic E-state index is 14.6. The van der Waals surface area contributed by atoms with Crippen molar-refractivity contribution in [3.05, 3.63) is 66.4 Å². The largest absolute Gasteiger partial charge is 0.496 e. The molecule has 8 nitrogen and oxygen atoms in total. The van der Waals surface area contributed by atoms with Crippen LogP contribution in [0.4, 0.5) is 15.8 Å². The van der Waals surface area contributed by atoms with Crippen molar-refractivity contribution in [2.75, 3.05) is 30.4 Å². The van der Waals surface area contributed by atoms with Gasteiger partial charge in [-0.1, -0.05) is 6.07 Å². The van der Waals surface area contributed by atoms with Crippen LogP contribution in [0, 0.1) is 5.82 Å². The fourth-order valence-electron chi connectivity index (χ4n) is 4.80. The summed E-state index contributed by atoms with van der Waals surface area (Å²) < 4.78 is 21.9. The van der Waals surface area contributed by atoms with E-state index >= 15 is 0 Å². The van der Waals surface area contributed by atoms with Gasteiger partial charge in [0.25, 0.3) is 5.91 Å². The Labute approximate surface area is 202 Å². The second-order valence-corrected chi connectivity index (χ2v) is 8.58. The fraction of sp³-hybridized carbons (Fsp3) is 0.269. The average Bonchev–Trinajstić information content (AvgIpc) is 3.50. The topological polar surface area (TPSA) is 98.3 Å². The van der Waals surface area contributed by atoms with Crippen molar-refractivity contribution < 1.29 is 13.9 Å². The van der Waals surface area contributed by atoms with Gasteiger partial charge in [-0.25, -0.2) is 14.4 Å². The highest BCUT2D eigenvalue weighted by molar-refractivity contribution is 6.09. The summed E-state index contributed by atoms with van der Waals surface area (Å²) in [6.07, 6.45) is 5.49. The van der Waals surface area contributed by atoms with Gasteiger partial charge in [0.2, 0.25) is 0 Å². The Hall–Kier alpha value is -3.98. The summed E-state index contributed by atoms with van der Waals surface area (Å²) in [7, 11) is 3.44. The van der Waals surface area contributed by atoms with Crippen molar-refractivity contribution in [3.63, 3.8) is 0 Å². The van der Waals surface area contributed by atoms with Crippen molar-refractivity contribution in [1.82, 2.24) is 14.5 Å². The summed E-state index contributed by atoms with van der Waals surface area (Å²) in [5, 5.41) is 4.07. The van der Waals surface area contributed by atoms with Crippen LogP contribution in [0.15, 0.2) is 54.9 Å². The average molecular weight is 475 g/mol. The molecule has 1 atom stereocenters. The molecule has 1 aliphatic rings. The molecule has 1 amide bonds. The zero-order valence-corrected chi connectivity index (χ0v) is 19.7. The molecule has 35 heavy (non-hydrogen) atoms. The van der Waals surface area contributed by atoms with Gasteiger partial charge < -0.3 is 25.3 Å². The number of hydrogen-bond donors (Lipinski definition) is 2. The molecule has 0 bridgehead atoms. The van der Waals surface area contributed by atoms with Crippen LogP contribution in [0.5, 0.6) is 5.75 Å². The first-order valence-corrected chi connectivity index (χ1v) is 11.5. The Morgan fingerprint density at radius 3 is 2.91 bits per heavy atom. The van der Waals surface area contributed by atoms with Gasteiger partial charge in [0.15, 0.2) is 5.82 Å². The standard InChI is InChI=1S/C26H27FN6O2/c1-32-14-11-17-21(32)9-8-19(24(17)33-13-4-5-16(33)15-28)31-26(34)20-10-12-29-25(30-20)23-18(27)6-3-7-22(23)35-2/h3,6-12,14,16H,4-5,13,15,28H2,1-2H3,(H,31,34)/t16-/m1/s1. The van der Waals surface area contributed by atoms with Gasteiger partial charge in [-0.05, 0) is 49.2 Å². The van der Waals surface area contributed by atoms with E-state index in [4.69, 9.17) is 10.5 Å². The molecule has 1 saturated heterocycles. The van der Waals surface area contributed by atoms with Crippen molar-refractivity contribution in [3.8, 4) is 17.1 Å². The van der Waals surface area contributed by atoms with E-state index in [0.29, 0.717) is 18.0 Å². The minimum absolute atomic E-state index is 0.0778. The predicted molar refractivity (Wildman–Crippen MR) is 134 cm³/mol. The van der Waals surface area contributed by atoms with E-state index in [2.05, 4.69) is 30.8 Å². The van der Waals surface area contributed by atoms with Crippen LogP contribution in [-0.4, -0.2) is 46.7 Å². The van der Waals surface area contributed by atoms with Gasteiger partial charge in [0.1, 0.15) is 17.3 Å². The summed E-state index contributed by atoms with van der Waals surface area (Å²) in [6.45, 7) is 1.40. The Morgan fingerprint density at radius 2 is 2.11 bits per heavy atom. The number of ether oxygens (including phenoxy) is 1. The van der Waals surface area contributed by atoms with Gasteiger partial charge in [-0.15, -0.1) is 0 Å². The fourth-order valence-corrected chi connectivity index (χ4v) is 4.80. The summed E-state index contributed by atoms with van der Waals surface area (Å²) in [5.74, 6) is -0.570. The molecule has 3 N–H and O–H groups in total. The molecule has 9 heteroatoms. The molecule has 0 saturated carbocycles. The zero-order chi connectivity index (χ0) is 24.5. The molecular formula is C26H27FN6O2. The number of aromatic nitrogens is 3. The molecule has 0 unspecified atom stereocenters. The highest BCUT2D eigenvalue weighted by Crippen LogP contribution is 2.39. The molecule has 3 heterocycles. The minimum atomic E-state index is -0.527. The molecule has 180 valence electrons. The molecule has 5 rings (SSSR count). The Bertz CT molecular complexity index is 1400. The highest BCUT2D eigenvalue weighted by atomic mass is 19.1. The van der Waals surface area contributed by atoms with E-state index in [9.17, 15) is 9.18 Å². The summed E-state index contributed by atoms with van der Waals surface area (Å²) in [6, 6.07) is 12.1. The van der Waals surface area contributed by atoms with Crippen molar-refractivity contribution >= 4 is 28.2 Å². The number of fused-ring (bicyclic) bond motifs is 1. The minimum Gasteiger partial charge on any atom is -0.496 e. The van der Waals surface area contributed by atoms with Gasteiger partial charge in [-0.3, -0.25) is 4.79 Å². The van der Waals surface area contributed by atoms with Crippen molar-refractivity contribution in [2.24, 2.45) is 12.8 Å². The number of rotatable bonds is 6. The maximum atomic E-state index is 14.6. The number of amides is 1. The number of hydrogen-bond acceptors (Lipinski definition) is 6. The van der Waals surface area contributed by atoms with Crippen LogP contribution in [0.1, 0.15) is 23.3 Å². The van der Waals surface area contributed by atoms with E-state index in [1.165, 1.54) is 25.4 Å². The maximum Gasteiger partial charge on any atom is 0.274 e. The molecule has 1 fully saturated rings. The van der Waals surface area contributed by atoms with E-state index in [1.54, 1.807) is 12.1 Å². The smallest absolute Gasteiger partial charge is 0.274 e. The molecule has 4 aromatic rings.